The Labute approximate surface area is 114 Å². The smallest absolute Gasteiger partial charge is 0.262 e. The van der Waals surface area contributed by atoms with Crippen LogP contribution in [0.5, 0.6) is 0 Å². The van der Waals surface area contributed by atoms with Crippen LogP contribution in [0.15, 0.2) is 24.3 Å². The number of nitro groups is 1. The van der Waals surface area contributed by atoms with E-state index in [9.17, 15) is 10.1 Å². The van der Waals surface area contributed by atoms with Crippen LogP contribution in [-0.4, -0.2) is 25.1 Å². The van der Waals surface area contributed by atoms with Crippen molar-refractivity contribution in [1.29, 1.82) is 0 Å². The lowest BCUT2D eigenvalue weighted by molar-refractivity contribution is -0.505. The van der Waals surface area contributed by atoms with E-state index in [0.717, 1.165) is 3.57 Å². The van der Waals surface area contributed by atoms with E-state index in [0.29, 0.717) is 5.69 Å². The molecule has 1 heterocycles. The van der Waals surface area contributed by atoms with Crippen LogP contribution in [0.1, 0.15) is 11.3 Å². The second kappa shape index (κ2) is 4.92. The van der Waals surface area contributed by atoms with Crippen LogP contribution in [0.3, 0.4) is 0 Å². The van der Waals surface area contributed by atoms with Gasteiger partial charge >= 0.3 is 5.50 Å². The number of alkyl halides is 1. The number of aromatic nitrogens is 4. The Hall–Kier alpha value is -1.29. The van der Waals surface area contributed by atoms with Crippen molar-refractivity contribution in [3.05, 3.63) is 43.8 Å². The molecule has 1 aromatic heterocycles. The third kappa shape index (κ3) is 2.52. The van der Waals surface area contributed by atoms with Gasteiger partial charge in [0, 0.05) is 8.49 Å². The standard InChI is InChI=1S/C8H5ClIN5O2/c9-7(15(16)17)8-11-12-13-14(8)6-3-1-5(10)2-4-6/h1-4,7H. The zero-order chi connectivity index (χ0) is 12.4. The van der Waals surface area contributed by atoms with E-state index >= 15 is 0 Å². The van der Waals surface area contributed by atoms with Gasteiger partial charge in [-0.3, -0.25) is 10.1 Å². The van der Waals surface area contributed by atoms with Crippen molar-refractivity contribution in [2.75, 3.05) is 0 Å². The first-order valence-electron chi connectivity index (χ1n) is 4.41. The molecule has 0 N–H and O–H groups in total. The van der Waals surface area contributed by atoms with Gasteiger partial charge in [0.15, 0.2) is 0 Å². The number of hydrogen-bond acceptors (Lipinski definition) is 5. The average molecular weight is 366 g/mol. The SMILES string of the molecule is O=[N+]([O-])C(Cl)c1nnnn1-c1ccc(I)cc1. The Bertz CT molecular complexity index is 543. The van der Waals surface area contributed by atoms with Gasteiger partial charge < -0.3 is 0 Å². The summed E-state index contributed by atoms with van der Waals surface area (Å²) in [4.78, 5) is 9.94. The fourth-order valence-corrected chi connectivity index (χ4v) is 1.70. The number of hydrogen-bond donors (Lipinski definition) is 0. The van der Waals surface area contributed by atoms with Gasteiger partial charge in [-0.15, -0.1) is 5.10 Å². The zero-order valence-electron chi connectivity index (χ0n) is 8.20. The number of tetrazole rings is 1. The molecule has 9 heteroatoms. The molecular weight excluding hydrogens is 360 g/mol. The maximum atomic E-state index is 10.6. The van der Waals surface area contributed by atoms with E-state index in [1.165, 1.54) is 4.68 Å². The fraction of sp³-hybridized carbons (Fsp3) is 0.125. The van der Waals surface area contributed by atoms with Crippen LogP contribution in [0.25, 0.3) is 5.69 Å². The molecular formula is C8H5ClIN5O2. The quantitative estimate of drug-likeness (QED) is 0.272. The third-order valence-corrected chi connectivity index (χ3v) is 3.04. The van der Waals surface area contributed by atoms with Crippen molar-refractivity contribution >= 4 is 34.2 Å². The van der Waals surface area contributed by atoms with Crippen molar-refractivity contribution in [3.63, 3.8) is 0 Å². The second-order valence-electron chi connectivity index (χ2n) is 3.05. The number of halogens is 2. The molecule has 0 aliphatic carbocycles. The fourth-order valence-electron chi connectivity index (χ4n) is 1.20. The van der Waals surface area contributed by atoms with Gasteiger partial charge in [-0.2, -0.15) is 4.68 Å². The van der Waals surface area contributed by atoms with E-state index in [-0.39, 0.29) is 5.82 Å². The second-order valence-corrected chi connectivity index (χ2v) is 4.71. The van der Waals surface area contributed by atoms with Crippen molar-refractivity contribution in [3.8, 4) is 5.69 Å². The van der Waals surface area contributed by atoms with Crippen LogP contribution < -0.4 is 0 Å². The Kier molecular flexibility index (Phi) is 3.52. The molecule has 0 spiro atoms. The monoisotopic (exact) mass is 365 g/mol. The lowest BCUT2D eigenvalue weighted by atomic mass is 10.3. The van der Waals surface area contributed by atoms with Gasteiger partial charge in [-0.25, -0.2) is 0 Å². The molecule has 1 aromatic carbocycles. The van der Waals surface area contributed by atoms with Gasteiger partial charge in [-0.05, 0) is 68.9 Å². The first kappa shape index (κ1) is 12.2. The first-order chi connectivity index (χ1) is 8.09. The van der Waals surface area contributed by atoms with Crippen molar-refractivity contribution in [2.24, 2.45) is 0 Å². The largest absolute Gasteiger partial charge is 0.347 e. The number of nitrogens with zero attached hydrogens (tertiary/aromatic N) is 5. The van der Waals surface area contributed by atoms with Gasteiger partial charge in [-0.1, -0.05) is 0 Å². The molecule has 2 aromatic rings. The highest BCUT2D eigenvalue weighted by Gasteiger charge is 2.27. The van der Waals surface area contributed by atoms with Crippen molar-refractivity contribution in [1.82, 2.24) is 20.2 Å². The summed E-state index contributed by atoms with van der Waals surface area (Å²) in [7, 11) is 0. The molecule has 0 bridgehead atoms. The van der Waals surface area contributed by atoms with Crippen LogP contribution in [0.2, 0.25) is 0 Å². The summed E-state index contributed by atoms with van der Waals surface area (Å²) < 4.78 is 2.29. The molecule has 0 amide bonds. The summed E-state index contributed by atoms with van der Waals surface area (Å²) in [5, 5.41) is 21.2. The minimum Gasteiger partial charge on any atom is -0.262 e. The van der Waals surface area contributed by atoms with Crippen molar-refractivity contribution < 1.29 is 4.92 Å². The predicted octanol–water partition coefficient (Wildman–Crippen LogP) is 1.78. The van der Waals surface area contributed by atoms with Crippen LogP contribution in [0.4, 0.5) is 0 Å². The van der Waals surface area contributed by atoms with Gasteiger partial charge in [0.2, 0.25) is 5.82 Å². The molecule has 7 nitrogen and oxygen atoms in total. The van der Waals surface area contributed by atoms with E-state index in [4.69, 9.17) is 11.6 Å². The van der Waals surface area contributed by atoms with E-state index in [2.05, 4.69) is 38.1 Å². The molecule has 1 atom stereocenters. The van der Waals surface area contributed by atoms with Crippen molar-refractivity contribution in [2.45, 2.75) is 5.50 Å². The molecule has 0 aliphatic rings. The summed E-state index contributed by atoms with van der Waals surface area (Å²) in [6.07, 6.45) is 0. The molecule has 0 radical (unpaired) electrons. The Morgan fingerprint density at radius 1 is 1.41 bits per heavy atom. The van der Waals surface area contributed by atoms with Gasteiger partial charge in [0.1, 0.15) is 0 Å². The molecule has 0 aliphatic heterocycles. The first-order valence-corrected chi connectivity index (χ1v) is 5.93. The lowest BCUT2D eigenvalue weighted by Gasteiger charge is -2.04. The van der Waals surface area contributed by atoms with E-state index < -0.39 is 10.4 Å². The minimum atomic E-state index is -1.47. The van der Waals surface area contributed by atoms with Crippen LogP contribution in [-0.2, 0) is 0 Å². The summed E-state index contributed by atoms with van der Waals surface area (Å²) >= 11 is 7.76. The van der Waals surface area contributed by atoms with Crippen LogP contribution in [0, 0.1) is 13.7 Å². The van der Waals surface area contributed by atoms with Gasteiger partial charge in [0.05, 0.1) is 5.69 Å². The Morgan fingerprint density at radius 2 is 2.06 bits per heavy atom. The highest BCUT2D eigenvalue weighted by atomic mass is 127. The molecule has 0 saturated carbocycles. The van der Waals surface area contributed by atoms with Crippen LogP contribution >= 0.6 is 34.2 Å². The number of benzene rings is 1. The molecule has 88 valence electrons. The Morgan fingerprint density at radius 3 is 2.65 bits per heavy atom. The molecule has 0 saturated heterocycles. The summed E-state index contributed by atoms with van der Waals surface area (Å²) in [5.41, 5.74) is -0.845. The van der Waals surface area contributed by atoms with E-state index in [1.807, 2.05) is 12.1 Å². The molecule has 17 heavy (non-hydrogen) atoms. The zero-order valence-corrected chi connectivity index (χ0v) is 11.1. The third-order valence-electron chi connectivity index (χ3n) is 1.96. The maximum absolute atomic E-state index is 10.6. The molecule has 0 fully saturated rings. The summed E-state index contributed by atoms with van der Waals surface area (Å²) in [5.74, 6) is -0.0159. The number of rotatable bonds is 3. The van der Waals surface area contributed by atoms with E-state index in [1.54, 1.807) is 12.1 Å². The highest BCUT2D eigenvalue weighted by Crippen LogP contribution is 2.20. The highest BCUT2D eigenvalue weighted by molar-refractivity contribution is 14.1. The summed E-state index contributed by atoms with van der Waals surface area (Å²) in [6, 6.07) is 7.20. The normalized spacial score (nSPS) is 12.4. The lowest BCUT2D eigenvalue weighted by Crippen LogP contribution is -2.11. The van der Waals surface area contributed by atoms with Gasteiger partial charge in [0.25, 0.3) is 0 Å². The average Bonchev–Trinajstić information content (AvgIpc) is 2.77. The molecule has 1 unspecified atom stereocenters. The molecule has 2 rings (SSSR count). The predicted molar refractivity (Wildman–Crippen MR) is 67.5 cm³/mol. The topological polar surface area (TPSA) is 86.7 Å². The minimum absolute atomic E-state index is 0.0159. The maximum Gasteiger partial charge on any atom is 0.347 e. The Balaban J connectivity index is 2.43. The summed E-state index contributed by atoms with van der Waals surface area (Å²) in [6.45, 7) is 0.